The lowest BCUT2D eigenvalue weighted by atomic mass is 10.2. The van der Waals surface area contributed by atoms with Gasteiger partial charge in [-0.25, -0.2) is 4.98 Å². The molecule has 1 aromatic carbocycles. The van der Waals surface area contributed by atoms with Crippen LogP contribution < -0.4 is 10.6 Å². The number of aromatic nitrogens is 2. The van der Waals surface area contributed by atoms with E-state index in [0.29, 0.717) is 11.7 Å². The summed E-state index contributed by atoms with van der Waals surface area (Å²) in [6.45, 7) is 0.622. The van der Waals surface area contributed by atoms with Crippen molar-refractivity contribution in [3.05, 3.63) is 71.0 Å². The molecule has 0 unspecified atom stereocenters. The number of nitrogens with one attached hydrogen (secondary N) is 2. The van der Waals surface area contributed by atoms with E-state index in [1.54, 1.807) is 28.7 Å². The Morgan fingerprint density at radius 2 is 2.00 bits per heavy atom. The highest BCUT2D eigenvalue weighted by Gasteiger charge is 2.34. The van der Waals surface area contributed by atoms with Crippen LogP contribution in [0.15, 0.2) is 54.2 Å². The van der Waals surface area contributed by atoms with Crippen LogP contribution >= 0.6 is 11.3 Å². The summed E-state index contributed by atoms with van der Waals surface area (Å²) in [5.74, 6) is -0.469. The molecule has 7 nitrogen and oxygen atoms in total. The number of halogens is 3. The van der Waals surface area contributed by atoms with Crippen LogP contribution in [0.3, 0.4) is 0 Å². The van der Waals surface area contributed by atoms with Crippen LogP contribution in [-0.2, 0) is 17.5 Å². The van der Waals surface area contributed by atoms with Crippen molar-refractivity contribution in [3.8, 4) is 0 Å². The number of hydrogen-bond acceptors (Lipinski definition) is 6. The Labute approximate surface area is 198 Å². The van der Waals surface area contributed by atoms with Crippen molar-refractivity contribution in [1.29, 1.82) is 0 Å². The lowest BCUT2D eigenvalue weighted by Crippen LogP contribution is -2.37. The molecule has 0 spiro atoms. The molecule has 4 rings (SSSR count). The molecule has 2 heterocycles. The Morgan fingerprint density at radius 1 is 1.18 bits per heavy atom. The van der Waals surface area contributed by atoms with Gasteiger partial charge in [0, 0.05) is 49.0 Å². The van der Waals surface area contributed by atoms with Crippen LogP contribution in [0.4, 0.5) is 24.0 Å². The van der Waals surface area contributed by atoms with Crippen LogP contribution in [0.1, 0.15) is 40.9 Å². The fourth-order valence-corrected chi connectivity index (χ4v) is 4.03. The van der Waals surface area contributed by atoms with Crippen molar-refractivity contribution < 1.29 is 22.8 Å². The molecule has 1 fully saturated rings. The highest BCUT2D eigenvalue weighted by atomic mass is 32.1. The second-order valence-corrected chi connectivity index (χ2v) is 8.72. The fraction of sp³-hybridized carbons (Fsp3) is 0.304. The molecule has 1 aliphatic carbocycles. The maximum Gasteiger partial charge on any atom is 0.416 e. The number of alkyl halides is 3. The van der Waals surface area contributed by atoms with Gasteiger partial charge in [-0.1, -0.05) is 12.1 Å². The first-order valence-corrected chi connectivity index (χ1v) is 11.5. The molecule has 0 saturated heterocycles. The van der Waals surface area contributed by atoms with Gasteiger partial charge in [-0.3, -0.25) is 14.6 Å². The molecular weight excluding hydrogens is 467 g/mol. The number of carbonyl (C=O) groups is 2. The maximum atomic E-state index is 13.0. The molecule has 2 amide bonds. The summed E-state index contributed by atoms with van der Waals surface area (Å²) < 4.78 is 38.8. The lowest BCUT2D eigenvalue weighted by Gasteiger charge is -2.21. The number of anilines is 2. The second kappa shape index (κ2) is 10.2. The summed E-state index contributed by atoms with van der Waals surface area (Å²) in [5.41, 5.74) is 0.538. The normalized spacial score (nSPS) is 13.4. The van der Waals surface area contributed by atoms with Gasteiger partial charge in [0.1, 0.15) is 5.69 Å². The zero-order valence-electron chi connectivity index (χ0n) is 18.0. The third kappa shape index (κ3) is 6.31. The summed E-state index contributed by atoms with van der Waals surface area (Å²) in [4.78, 5) is 35.2. The molecule has 34 heavy (non-hydrogen) atoms. The van der Waals surface area contributed by atoms with E-state index < -0.39 is 11.7 Å². The van der Waals surface area contributed by atoms with Gasteiger partial charge in [0.2, 0.25) is 5.91 Å². The zero-order chi connectivity index (χ0) is 24.1. The van der Waals surface area contributed by atoms with E-state index in [-0.39, 0.29) is 42.2 Å². The standard InChI is InChI=1S/C23H22F3N5O2S/c24-23(25,26)16-4-1-5-17(11-16)29-22-30-19(14-34-22)21(33)31(18-6-7-18)10-8-20(32)28-13-15-3-2-9-27-12-15/h1-5,9,11-12,14,18H,6-8,10,13H2,(H,28,32)(H,29,30). The van der Waals surface area contributed by atoms with E-state index in [1.165, 1.54) is 12.1 Å². The summed E-state index contributed by atoms with van der Waals surface area (Å²) in [5, 5.41) is 7.52. The van der Waals surface area contributed by atoms with Gasteiger partial charge in [0.05, 0.1) is 5.56 Å². The highest BCUT2D eigenvalue weighted by molar-refractivity contribution is 7.14. The summed E-state index contributed by atoms with van der Waals surface area (Å²) >= 11 is 1.13. The molecule has 178 valence electrons. The molecule has 0 radical (unpaired) electrons. The van der Waals surface area contributed by atoms with E-state index in [0.717, 1.165) is 41.9 Å². The minimum Gasteiger partial charge on any atom is -0.352 e. The molecule has 11 heteroatoms. The van der Waals surface area contributed by atoms with E-state index in [1.807, 2.05) is 6.07 Å². The number of pyridine rings is 1. The van der Waals surface area contributed by atoms with Gasteiger partial charge < -0.3 is 15.5 Å². The summed E-state index contributed by atoms with van der Waals surface area (Å²) in [6.07, 6.45) is 0.765. The monoisotopic (exact) mass is 489 g/mol. The first-order valence-electron chi connectivity index (χ1n) is 10.7. The van der Waals surface area contributed by atoms with Gasteiger partial charge in [0.15, 0.2) is 5.13 Å². The lowest BCUT2D eigenvalue weighted by molar-refractivity contribution is -0.137. The van der Waals surface area contributed by atoms with E-state index in [9.17, 15) is 22.8 Å². The number of carbonyl (C=O) groups excluding carboxylic acids is 2. The zero-order valence-corrected chi connectivity index (χ0v) is 18.8. The molecular formula is C23H22F3N5O2S. The molecule has 0 bridgehead atoms. The highest BCUT2D eigenvalue weighted by Crippen LogP contribution is 2.32. The smallest absolute Gasteiger partial charge is 0.352 e. The van der Waals surface area contributed by atoms with Gasteiger partial charge in [-0.2, -0.15) is 13.2 Å². The van der Waals surface area contributed by atoms with Crippen LogP contribution in [0.2, 0.25) is 0 Å². The average molecular weight is 490 g/mol. The third-order valence-electron chi connectivity index (χ3n) is 5.21. The summed E-state index contributed by atoms with van der Waals surface area (Å²) in [6, 6.07) is 8.50. The molecule has 0 aliphatic heterocycles. The quantitative estimate of drug-likeness (QED) is 0.458. The predicted octanol–water partition coefficient (Wildman–Crippen LogP) is 4.61. The number of rotatable bonds is 9. The first kappa shape index (κ1) is 23.7. The van der Waals surface area contributed by atoms with Crippen molar-refractivity contribution >= 4 is 34.0 Å². The first-order chi connectivity index (χ1) is 16.3. The van der Waals surface area contributed by atoms with E-state index in [2.05, 4.69) is 20.6 Å². The molecule has 0 atom stereocenters. The van der Waals surface area contributed by atoms with Crippen molar-refractivity contribution in [1.82, 2.24) is 20.2 Å². The van der Waals surface area contributed by atoms with Gasteiger partial charge in [-0.15, -0.1) is 11.3 Å². The Hall–Kier alpha value is -3.47. The van der Waals surface area contributed by atoms with Crippen molar-refractivity contribution in [2.75, 3.05) is 11.9 Å². The van der Waals surface area contributed by atoms with E-state index >= 15 is 0 Å². The molecule has 2 aromatic heterocycles. The molecule has 1 saturated carbocycles. The molecule has 1 aliphatic rings. The van der Waals surface area contributed by atoms with Gasteiger partial charge in [-0.05, 0) is 42.7 Å². The SMILES string of the molecule is O=C(CCN(C(=O)c1csc(Nc2cccc(C(F)(F)F)c2)n1)C1CC1)NCc1cccnc1. The van der Waals surface area contributed by atoms with E-state index in [4.69, 9.17) is 0 Å². The summed E-state index contributed by atoms with van der Waals surface area (Å²) in [7, 11) is 0. The Morgan fingerprint density at radius 3 is 2.71 bits per heavy atom. The number of hydrogen-bond donors (Lipinski definition) is 2. The van der Waals surface area contributed by atoms with Gasteiger partial charge >= 0.3 is 6.18 Å². The second-order valence-electron chi connectivity index (χ2n) is 7.86. The number of thiazole rings is 1. The third-order valence-corrected chi connectivity index (χ3v) is 5.96. The predicted molar refractivity (Wildman–Crippen MR) is 122 cm³/mol. The maximum absolute atomic E-state index is 13.0. The van der Waals surface area contributed by atoms with Crippen molar-refractivity contribution in [2.24, 2.45) is 0 Å². The van der Waals surface area contributed by atoms with Crippen LogP contribution in [0.25, 0.3) is 0 Å². The number of benzene rings is 1. The molecule has 3 aromatic rings. The van der Waals surface area contributed by atoms with Crippen molar-refractivity contribution in [2.45, 2.75) is 38.0 Å². The van der Waals surface area contributed by atoms with Crippen LogP contribution in [0, 0.1) is 0 Å². The Kier molecular flexibility index (Phi) is 7.11. The van der Waals surface area contributed by atoms with Crippen LogP contribution in [-0.4, -0.2) is 39.3 Å². The molecule has 2 N–H and O–H groups in total. The number of amides is 2. The fourth-order valence-electron chi connectivity index (χ4n) is 3.32. The minimum absolute atomic E-state index is 0.0696. The Balaban J connectivity index is 1.34. The Bertz CT molecular complexity index is 1150. The average Bonchev–Trinajstić information content (AvgIpc) is 3.55. The number of nitrogens with zero attached hydrogens (tertiary/aromatic N) is 3. The van der Waals surface area contributed by atoms with Crippen molar-refractivity contribution in [3.63, 3.8) is 0 Å². The van der Waals surface area contributed by atoms with Crippen LogP contribution in [0.5, 0.6) is 0 Å². The van der Waals surface area contributed by atoms with Gasteiger partial charge in [0.25, 0.3) is 5.91 Å². The topological polar surface area (TPSA) is 87.2 Å². The minimum atomic E-state index is -4.45. The largest absolute Gasteiger partial charge is 0.416 e.